The highest BCUT2D eigenvalue weighted by Gasteiger charge is 2.23. The molecule has 276 valence electrons. The number of aromatic nitrogens is 4. The molecular formula is C54H34N4O. The Labute approximate surface area is 339 Å². The summed E-state index contributed by atoms with van der Waals surface area (Å²) in [5.41, 5.74) is 8.57. The van der Waals surface area contributed by atoms with E-state index < -0.39 is 0 Å². The van der Waals surface area contributed by atoms with E-state index in [-0.39, 0.29) is 5.92 Å². The topological polar surface area (TPSA) is 64.7 Å². The number of hydrogen-bond acceptors (Lipinski definition) is 5. The fraction of sp³-hybridized carbons (Fsp3) is 0.0370. The van der Waals surface area contributed by atoms with E-state index in [4.69, 9.17) is 24.4 Å². The van der Waals surface area contributed by atoms with Crippen molar-refractivity contribution in [1.82, 2.24) is 19.9 Å². The van der Waals surface area contributed by atoms with Crippen LogP contribution in [0.15, 0.2) is 193 Å². The van der Waals surface area contributed by atoms with Crippen LogP contribution < -0.4 is 0 Å². The highest BCUT2D eigenvalue weighted by atomic mass is 16.3. The molecule has 5 heteroatoms. The van der Waals surface area contributed by atoms with Crippen LogP contribution in [0.25, 0.3) is 105 Å². The summed E-state index contributed by atoms with van der Waals surface area (Å²) in [5.74, 6) is 2.00. The molecule has 11 aromatic rings. The zero-order valence-corrected chi connectivity index (χ0v) is 31.9. The van der Waals surface area contributed by atoms with Crippen LogP contribution >= 0.6 is 0 Å². The van der Waals surface area contributed by atoms with Crippen LogP contribution in [0.5, 0.6) is 0 Å². The Morgan fingerprint density at radius 2 is 1.15 bits per heavy atom. The van der Waals surface area contributed by atoms with E-state index in [0.29, 0.717) is 11.6 Å². The van der Waals surface area contributed by atoms with Gasteiger partial charge in [-0.3, -0.25) is 0 Å². The summed E-state index contributed by atoms with van der Waals surface area (Å²) in [7, 11) is 0. The number of pyridine rings is 1. The number of benzene rings is 8. The van der Waals surface area contributed by atoms with E-state index in [9.17, 15) is 0 Å². The molecule has 0 aliphatic heterocycles. The van der Waals surface area contributed by atoms with Crippen molar-refractivity contribution < 1.29 is 4.42 Å². The van der Waals surface area contributed by atoms with Gasteiger partial charge in [0.05, 0.1) is 5.52 Å². The Morgan fingerprint density at radius 3 is 2.03 bits per heavy atom. The van der Waals surface area contributed by atoms with Gasteiger partial charge in [0.1, 0.15) is 17.1 Å². The van der Waals surface area contributed by atoms with Gasteiger partial charge in [-0.1, -0.05) is 164 Å². The smallest absolute Gasteiger partial charge is 0.164 e. The summed E-state index contributed by atoms with van der Waals surface area (Å²) in [6.07, 6.45) is 7.59. The first-order valence-corrected chi connectivity index (χ1v) is 20.1. The molecule has 3 heterocycles. The molecule has 0 amide bonds. The minimum absolute atomic E-state index is 0.0415. The number of hydrogen-bond donors (Lipinski definition) is 0. The van der Waals surface area contributed by atoms with Crippen LogP contribution in [0.3, 0.4) is 0 Å². The molecule has 0 radical (unpaired) electrons. The quantitative estimate of drug-likeness (QED) is 0.164. The number of allylic oxidation sites excluding steroid dienone is 4. The highest BCUT2D eigenvalue weighted by molar-refractivity contribution is 6.22. The first-order chi connectivity index (χ1) is 29.2. The van der Waals surface area contributed by atoms with Crippen LogP contribution in [0.2, 0.25) is 0 Å². The summed E-state index contributed by atoms with van der Waals surface area (Å²) < 4.78 is 6.63. The second-order valence-corrected chi connectivity index (χ2v) is 15.3. The maximum atomic E-state index is 6.63. The number of rotatable bonds is 5. The second kappa shape index (κ2) is 13.4. The minimum Gasteiger partial charge on any atom is -0.454 e. The number of furan rings is 1. The van der Waals surface area contributed by atoms with Gasteiger partial charge in [-0.2, -0.15) is 0 Å². The lowest BCUT2D eigenvalue weighted by molar-refractivity contribution is 0.669. The van der Waals surface area contributed by atoms with Gasteiger partial charge in [0.15, 0.2) is 17.2 Å². The Morgan fingerprint density at radius 1 is 0.475 bits per heavy atom. The average Bonchev–Trinajstić information content (AvgIpc) is 3.71. The van der Waals surface area contributed by atoms with Gasteiger partial charge < -0.3 is 4.42 Å². The average molecular weight is 755 g/mol. The molecule has 59 heavy (non-hydrogen) atoms. The highest BCUT2D eigenvalue weighted by Crippen LogP contribution is 2.43. The molecule has 1 aliphatic carbocycles. The van der Waals surface area contributed by atoms with Crippen molar-refractivity contribution in [3.8, 4) is 34.0 Å². The molecular weight excluding hydrogens is 721 g/mol. The number of para-hydroxylation sites is 2. The van der Waals surface area contributed by atoms with E-state index >= 15 is 0 Å². The van der Waals surface area contributed by atoms with Crippen molar-refractivity contribution in [3.63, 3.8) is 0 Å². The molecule has 8 aromatic carbocycles. The number of nitrogens with zero attached hydrogens (tertiary/aromatic N) is 4. The van der Waals surface area contributed by atoms with E-state index in [2.05, 4.69) is 152 Å². The standard InChI is InChI=1S/C54H34N4O/c1-2-14-34(15-3-1)52-56-53(38-17-12-16-35(32-38)36-27-28-40-37(31-36)26-25-33-13-4-5-18-39(33)40)58-54(57-52)44-30-29-43(41-19-6-7-20-42(41)44)50-51-49(45-21-8-10-23-47(45)55-50)46-22-9-11-24-48(46)59-51/h1-16,18-32,38H,17H2. The van der Waals surface area contributed by atoms with Crippen LogP contribution in [0, 0.1) is 0 Å². The molecule has 0 saturated carbocycles. The molecule has 1 aliphatic rings. The van der Waals surface area contributed by atoms with Crippen molar-refractivity contribution >= 4 is 70.7 Å². The molecule has 0 fully saturated rings. The van der Waals surface area contributed by atoms with Gasteiger partial charge in [0.25, 0.3) is 0 Å². The molecule has 5 nitrogen and oxygen atoms in total. The zero-order chi connectivity index (χ0) is 38.9. The normalized spacial score (nSPS) is 14.2. The number of fused-ring (bicyclic) bond motifs is 9. The van der Waals surface area contributed by atoms with Crippen LogP contribution in [-0.2, 0) is 0 Å². The van der Waals surface area contributed by atoms with Gasteiger partial charge in [0.2, 0.25) is 0 Å². The van der Waals surface area contributed by atoms with Crippen LogP contribution in [-0.4, -0.2) is 19.9 Å². The fourth-order valence-electron chi connectivity index (χ4n) is 8.96. The second-order valence-electron chi connectivity index (χ2n) is 15.3. The molecule has 12 rings (SSSR count). The predicted molar refractivity (Wildman–Crippen MR) is 242 cm³/mol. The Balaban J connectivity index is 1.01. The minimum atomic E-state index is -0.0415. The van der Waals surface area contributed by atoms with Gasteiger partial charge in [0, 0.05) is 38.8 Å². The molecule has 3 aromatic heterocycles. The Kier molecular flexibility index (Phi) is 7.60. The molecule has 0 saturated heterocycles. The summed E-state index contributed by atoms with van der Waals surface area (Å²) >= 11 is 0. The van der Waals surface area contributed by atoms with E-state index in [1.165, 1.54) is 27.1 Å². The van der Waals surface area contributed by atoms with E-state index in [0.717, 1.165) is 83.8 Å². The van der Waals surface area contributed by atoms with Gasteiger partial charge in [-0.15, -0.1) is 0 Å². The molecule has 1 atom stereocenters. The third-order valence-electron chi connectivity index (χ3n) is 11.8. The van der Waals surface area contributed by atoms with Gasteiger partial charge in [-0.05, 0) is 74.1 Å². The third-order valence-corrected chi connectivity index (χ3v) is 11.8. The largest absolute Gasteiger partial charge is 0.454 e. The van der Waals surface area contributed by atoms with E-state index in [1.807, 2.05) is 36.4 Å². The predicted octanol–water partition coefficient (Wildman–Crippen LogP) is 13.9. The third kappa shape index (κ3) is 5.54. The summed E-state index contributed by atoms with van der Waals surface area (Å²) in [6, 6.07) is 59.3. The Bertz CT molecular complexity index is 3550. The Hall–Kier alpha value is -7.76. The monoisotopic (exact) mass is 754 g/mol. The van der Waals surface area contributed by atoms with Crippen molar-refractivity contribution in [2.24, 2.45) is 0 Å². The zero-order valence-electron chi connectivity index (χ0n) is 31.9. The summed E-state index contributed by atoms with van der Waals surface area (Å²) in [5, 5.41) is 10.3. The first-order valence-electron chi connectivity index (χ1n) is 20.1. The fourth-order valence-corrected chi connectivity index (χ4v) is 8.96. The molecule has 1 unspecified atom stereocenters. The summed E-state index contributed by atoms with van der Waals surface area (Å²) in [6.45, 7) is 0. The molecule has 0 spiro atoms. The van der Waals surface area contributed by atoms with Gasteiger partial charge >= 0.3 is 0 Å². The maximum absolute atomic E-state index is 6.63. The lowest BCUT2D eigenvalue weighted by atomic mass is 9.90. The molecule has 0 bridgehead atoms. The van der Waals surface area contributed by atoms with E-state index in [1.54, 1.807) is 0 Å². The van der Waals surface area contributed by atoms with Crippen molar-refractivity contribution in [1.29, 1.82) is 0 Å². The summed E-state index contributed by atoms with van der Waals surface area (Å²) in [4.78, 5) is 20.9. The lowest BCUT2D eigenvalue weighted by Gasteiger charge is -2.18. The van der Waals surface area contributed by atoms with Crippen molar-refractivity contribution in [2.75, 3.05) is 0 Å². The van der Waals surface area contributed by atoms with Gasteiger partial charge in [-0.25, -0.2) is 19.9 Å². The van der Waals surface area contributed by atoms with Crippen LogP contribution in [0.4, 0.5) is 0 Å². The molecule has 0 N–H and O–H groups in total. The lowest BCUT2D eigenvalue weighted by Crippen LogP contribution is -2.09. The van der Waals surface area contributed by atoms with Crippen LogP contribution in [0.1, 0.15) is 23.7 Å². The first kappa shape index (κ1) is 33.4. The SMILES string of the molecule is C1=CC(c2ccc3c(ccc4ccccc43)c2)=CC(c2nc(-c3ccccc3)nc(-c3ccc(-c4nc5ccccc5c5c4oc4ccccc45)c4ccccc34)n2)C1. The van der Waals surface area contributed by atoms with Crippen molar-refractivity contribution in [3.05, 3.63) is 199 Å². The van der Waals surface area contributed by atoms with Crippen molar-refractivity contribution in [2.45, 2.75) is 12.3 Å². The maximum Gasteiger partial charge on any atom is 0.164 e.